The van der Waals surface area contributed by atoms with Crippen molar-refractivity contribution in [1.82, 2.24) is 0 Å². The SMILES string of the molecule is FCCCC1CCC(c2cc(F)cc(F)c2)CC1. The molecule has 0 bridgehead atoms. The van der Waals surface area contributed by atoms with E-state index in [-0.39, 0.29) is 12.6 Å². The fraction of sp³-hybridized carbons (Fsp3) is 0.600. The second-order valence-corrected chi connectivity index (χ2v) is 5.25. The van der Waals surface area contributed by atoms with Crippen LogP contribution in [0.3, 0.4) is 0 Å². The highest BCUT2D eigenvalue weighted by Crippen LogP contribution is 2.37. The summed E-state index contributed by atoms with van der Waals surface area (Å²) in [5, 5.41) is 0. The van der Waals surface area contributed by atoms with Crippen molar-refractivity contribution in [2.45, 2.75) is 44.4 Å². The summed E-state index contributed by atoms with van der Waals surface area (Å²) in [6.07, 6.45) is 5.59. The van der Waals surface area contributed by atoms with Crippen molar-refractivity contribution in [3.63, 3.8) is 0 Å². The molecule has 1 aromatic rings. The van der Waals surface area contributed by atoms with E-state index in [1.807, 2.05) is 0 Å². The highest BCUT2D eigenvalue weighted by atomic mass is 19.1. The Hall–Kier alpha value is -0.990. The van der Waals surface area contributed by atoms with Crippen LogP contribution in [0.5, 0.6) is 0 Å². The molecule has 0 atom stereocenters. The van der Waals surface area contributed by atoms with Gasteiger partial charge in [-0.05, 0) is 68.1 Å². The van der Waals surface area contributed by atoms with E-state index in [4.69, 9.17) is 0 Å². The van der Waals surface area contributed by atoms with E-state index in [0.29, 0.717) is 12.3 Å². The minimum atomic E-state index is -0.496. The highest BCUT2D eigenvalue weighted by Gasteiger charge is 2.22. The van der Waals surface area contributed by atoms with Gasteiger partial charge in [-0.2, -0.15) is 0 Å². The molecular weight excluding hydrogens is 237 g/mol. The minimum absolute atomic E-state index is 0.241. The molecule has 100 valence electrons. The van der Waals surface area contributed by atoms with Gasteiger partial charge in [-0.15, -0.1) is 0 Å². The molecule has 2 rings (SSSR count). The first-order chi connectivity index (χ1) is 8.69. The Morgan fingerprint density at radius 1 is 0.944 bits per heavy atom. The summed E-state index contributed by atoms with van der Waals surface area (Å²) in [6, 6.07) is 3.79. The molecule has 0 nitrogen and oxygen atoms in total. The average molecular weight is 256 g/mol. The molecule has 18 heavy (non-hydrogen) atoms. The number of halogens is 3. The lowest BCUT2D eigenvalue weighted by Crippen LogP contribution is -2.14. The molecule has 0 saturated heterocycles. The number of rotatable bonds is 4. The standard InChI is InChI=1S/C15H19F3/c16-7-1-2-11-3-5-12(6-4-11)13-8-14(17)10-15(18)9-13/h8-12H,1-7H2. The first-order valence-corrected chi connectivity index (χ1v) is 6.71. The van der Waals surface area contributed by atoms with Gasteiger partial charge in [0.1, 0.15) is 11.6 Å². The van der Waals surface area contributed by atoms with Crippen LogP contribution < -0.4 is 0 Å². The second kappa shape index (κ2) is 6.26. The van der Waals surface area contributed by atoms with Crippen molar-refractivity contribution in [2.24, 2.45) is 5.92 Å². The van der Waals surface area contributed by atoms with Crippen molar-refractivity contribution in [2.75, 3.05) is 6.67 Å². The number of alkyl halides is 1. The molecule has 0 N–H and O–H groups in total. The zero-order chi connectivity index (χ0) is 13.0. The monoisotopic (exact) mass is 256 g/mol. The van der Waals surface area contributed by atoms with Gasteiger partial charge in [0.2, 0.25) is 0 Å². The van der Waals surface area contributed by atoms with Crippen LogP contribution in [0, 0.1) is 17.6 Å². The topological polar surface area (TPSA) is 0 Å². The molecule has 0 unspecified atom stereocenters. The van der Waals surface area contributed by atoms with Gasteiger partial charge in [-0.3, -0.25) is 4.39 Å². The van der Waals surface area contributed by atoms with Gasteiger partial charge in [0.05, 0.1) is 6.67 Å². The van der Waals surface area contributed by atoms with E-state index in [0.717, 1.165) is 43.7 Å². The minimum Gasteiger partial charge on any atom is -0.251 e. The van der Waals surface area contributed by atoms with Crippen molar-refractivity contribution < 1.29 is 13.2 Å². The second-order valence-electron chi connectivity index (χ2n) is 5.25. The van der Waals surface area contributed by atoms with Gasteiger partial charge in [0, 0.05) is 6.07 Å². The molecule has 1 aromatic carbocycles. The Morgan fingerprint density at radius 3 is 2.11 bits per heavy atom. The molecule has 3 heteroatoms. The van der Waals surface area contributed by atoms with E-state index < -0.39 is 11.6 Å². The number of hydrogen-bond donors (Lipinski definition) is 0. The maximum atomic E-state index is 13.1. The fourth-order valence-electron chi connectivity index (χ4n) is 2.96. The van der Waals surface area contributed by atoms with E-state index >= 15 is 0 Å². The molecule has 0 amide bonds. The Kier molecular flexibility index (Phi) is 4.67. The third-order valence-corrected chi connectivity index (χ3v) is 3.95. The van der Waals surface area contributed by atoms with Gasteiger partial charge in [-0.25, -0.2) is 8.78 Å². The van der Waals surface area contributed by atoms with Gasteiger partial charge in [-0.1, -0.05) is 0 Å². The fourth-order valence-corrected chi connectivity index (χ4v) is 2.96. The molecule has 1 aliphatic rings. The molecule has 1 fully saturated rings. The zero-order valence-corrected chi connectivity index (χ0v) is 10.5. The predicted octanol–water partition coefficient (Wildman–Crippen LogP) is 4.99. The third kappa shape index (κ3) is 3.50. The molecule has 0 aliphatic heterocycles. The quantitative estimate of drug-likeness (QED) is 0.712. The highest BCUT2D eigenvalue weighted by molar-refractivity contribution is 5.22. The summed E-state index contributed by atoms with van der Waals surface area (Å²) in [6.45, 7) is -0.241. The van der Waals surface area contributed by atoms with E-state index in [9.17, 15) is 13.2 Å². The van der Waals surface area contributed by atoms with Crippen LogP contribution in [0.1, 0.15) is 50.0 Å². The summed E-state index contributed by atoms with van der Waals surface area (Å²) < 4.78 is 38.4. The first-order valence-electron chi connectivity index (χ1n) is 6.71. The molecule has 0 spiro atoms. The lowest BCUT2D eigenvalue weighted by atomic mass is 9.77. The van der Waals surface area contributed by atoms with E-state index in [1.165, 1.54) is 12.1 Å². The van der Waals surface area contributed by atoms with Crippen LogP contribution in [0.15, 0.2) is 18.2 Å². The Morgan fingerprint density at radius 2 is 1.56 bits per heavy atom. The normalized spacial score (nSPS) is 24.2. The maximum Gasteiger partial charge on any atom is 0.126 e. The summed E-state index contributed by atoms with van der Waals surface area (Å²) in [5.41, 5.74) is 0.774. The molecule has 0 radical (unpaired) electrons. The lowest BCUT2D eigenvalue weighted by Gasteiger charge is -2.28. The number of benzene rings is 1. The predicted molar refractivity (Wildman–Crippen MR) is 66.3 cm³/mol. The van der Waals surface area contributed by atoms with Crippen LogP contribution in [0.25, 0.3) is 0 Å². The Bertz CT molecular complexity index is 361. The van der Waals surface area contributed by atoms with Crippen LogP contribution in [0.2, 0.25) is 0 Å². The molecule has 1 saturated carbocycles. The van der Waals surface area contributed by atoms with Crippen molar-refractivity contribution in [1.29, 1.82) is 0 Å². The van der Waals surface area contributed by atoms with Gasteiger partial charge >= 0.3 is 0 Å². The summed E-state index contributed by atoms with van der Waals surface area (Å²) in [4.78, 5) is 0. The van der Waals surface area contributed by atoms with E-state index in [2.05, 4.69) is 0 Å². The number of hydrogen-bond acceptors (Lipinski definition) is 0. The lowest BCUT2D eigenvalue weighted by molar-refractivity contribution is 0.293. The van der Waals surface area contributed by atoms with Gasteiger partial charge in [0.25, 0.3) is 0 Å². The summed E-state index contributed by atoms with van der Waals surface area (Å²) >= 11 is 0. The van der Waals surface area contributed by atoms with Crippen LogP contribution in [-0.2, 0) is 0 Å². The third-order valence-electron chi connectivity index (χ3n) is 3.95. The average Bonchev–Trinajstić information content (AvgIpc) is 2.36. The first kappa shape index (κ1) is 13.4. The molecular formula is C15H19F3. The zero-order valence-electron chi connectivity index (χ0n) is 10.5. The largest absolute Gasteiger partial charge is 0.251 e. The van der Waals surface area contributed by atoms with Crippen LogP contribution in [0.4, 0.5) is 13.2 Å². The Balaban J connectivity index is 1.92. The molecule has 0 aromatic heterocycles. The maximum absolute atomic E-state index is 13.1. The van der Waals surface area contributed by atoms with Crippen LogP contribution >= 0.6 is 0 Å². The van der Waals surface area contributed by atoms with Gasteiger partial charge in [0.15, 0.2) is 0 Å². The van der Waals surface area contributed by atoms with Crippen LogP contribution in [-0.4, -0.2) is 6.67 Å². The summed E-state index contributed by atoms with van der Waals surface area (Å²) in [5.74, 6) is -0.138. The smallest absolute Gasteiger partial charge is 0.126 e. The van der Waals surface area contributed by atoms with Crippen molar-refractivity contribution in [3.05, 3.63) is 35.4 Å². The Labute approximate surface area is 106 Å². The van der Waals surface area contributed by atoms with Crippen molar-refractivity contribution >= 4 is 0 Å². The van der Waals surface area contributed by atoms with Gasteiger partial charge < -0.3 is 0 Å². The molecule has 1 aliphatic carbocycles. The molecule has 0 heterocycles. The van der Waals surface area contributed by atoms with E-state index in [1.54, 1.807) is 0 Å². The summed E-state index contributed by atoms with van der Waals surface area (Å²) in [7, 11) is 0. The van der Waals surface area contributed by atoms with Crippen molar-refractivity contribution in [3.8, 4) is 0 Å².